The van der Waals surface area contributed by atoms with Gasteiger partial charge in [-0.05, 0) is 6.92 Å². The van der Waals surface area contributed by atoms with Crippen LogP contribution in [0.4, 0.5) is 0 Å². The van der Waals surface area contributed by atoms with Gasteiger partial charge in [0, 0.05) is 6.42 Å². The monoisotopic (exact) mass is 238 g/mol. The molecule has 0 aromatic heterocycles. The van der Waals surface area contributed by atoms with E-state index in [0.29, 0.717) is 5.06 Å². The van der Waals surface area contributed by atoms with Gasteiger partial charge >= 0.3 is 10.4 Å². The summed E-state index contributed by atoms with van der Waals surface area (Å²) in [6.45, 7) is 1.47. The topological polar surface area (TPSA) is 127 Å². The molecule has 2 atom stereocenters. The SMILES string of the molecule is C[C@@H]1[C@H](CC(N)=O)C(=O)N1OS(=O)(=O)O. The van der Waals surface area contributed by atoms with Gasteiger partial charge in [-0.15, -0.1) is 4.28 Å². The molecule has 0 spiro atoms. The fourth-order valence-electron chi connectivity index (χ4n) is 1.33. The van der Waals surface area contributed by atoms with Gasteiger partial charge in [0.25, 0.3) is 5.91 Å². The Balaban J connectivity index is 2.62. The highest BCUT2D eigenvalue weighted by Gasteiger charge is 2.48. The third-order valence-corrected chi connectivity index (χ3v) is 2.43. The van der Waals surface area contributed by atoms with Crippen LogP contribution in [0.15, 0.2) is 0 Å². The highest BCUT2D eigenvalue weighted by atomic mass is 32.3. The Hall–Kier alpha value is -1.19. The second-order valence-corrected chi connectivity index (χ2v) is 4.19. The van der Waals surface area contributed by atoms with E-state index in [1.807, 2.05) is 0 Å². The molecular weight excluding hydrogens is 228 g/mol. The van der Waals surface area contributed by atoms with Crippen molar-refractivity contribution in [1.82, 2.24) is 5.06 Å². The summed E-state index contributed by atoms with van der Waals surface area (Å²) in [6, 6.07) is -0.619. The second kappa shape index (κ2) is 3.76. The Bertz CT molecular complexity index is 390. The molecule has 0 aliphatic carbocycles. The molecule has 8 nitrogen and oxygen atoms in total. The lowest BCUT2D eigenvalue weighted by Gasteiger charge is -2.41. The van der Waals surface area contributed by atoms with Gasteiger partial charge in [0.05, 0.1) is 12.0 Å². The van der Waals surface area contributed by atoms with Gasteiger partial charge < -0.3 is 5.73 Å². The Kier molecular flexibility index (Phi) is 2.98. The number of carbonyl (C=O) groups excluding carboxylic acids is 2. The van der Waals surface area contributed by atoms with Crippen LogP contribution in [0, 0.1) is 5.92 Å². The molecule has 1 rings (SSSR count). The van der Waals surface area contributed by atoms with Crippen molar-refractivity contribution in [2.45, 2.75) is 19.4 Å². The van der Waals surface area contributed by atoms with Gasteiger partial charge in [0.15, 0.2) is 0 Å². The van der Waals surface area contributed by atoms with E-state index in [1.54, 1.807) is 0 Å². The molecule has 2 amide bonds. The molecule has 0 radical (unpaired) electrons. The predicted octanol–water partition coefficient (Wildman–Crippen LogP) is -1.56. The Morgan fingerprint density at radius 2 is 2.20 bits per heavy atom. The average molecular weight is 238 g/mol. The van der Waals surface area contributed by atoms with Crippen molar-refractivity contribution in [2.75, 3.05) is 0 Å². The van der Waals surface area contributed by atoms with E-state index in [4.69, 9.17) is 10.3 Å². The fourth-order valence-corrected chi connectivity index (χ4v) is 1.74. The predicted molar refractivity (Wildman–Crippen MR) is 46.2 cm³/mol. The normalized spacial score (nSPS) is 26.3. The zero-order valence-corrected chi connectivity index (χ0v) is 8.60. The van der Waals surface area contributed by atoms with Gasteiger partial charge in [-0.25, -0.2) is 0 Å². The van der Waals surface area contributed by atoms with E-state index in [1.165, 1.54) is 6.92 Å². The third kappa shape index (κ3) is 2.64. The third-order valence-electron chi connectivity index (χ3n) is 2.08. The minimum atomic E-state index is -4.71. The van der Waals surface area contributed by atoms with Crippen LogP contribution < -0.4 is 5.73 Å². The number of nitrogens with zero attached hydrogens (tertiary/aromatic N) is 1. The standard InChI is InChI=1S/C6H10N2O6S/c1-3-4(2-5(7)9)6(10)8(3)14-15(11,12)13/h3-4H,2H2,1H3,(H2,7,9)(H,11,12,13)/t3-,4+/m1/s1. The zero-order chi connectivity index (χ0) is 11.8. The van der Waals surface area contributed by atoms with Crippen molar-refractivity contribution in [1.29, 1.82) is 0 Å². The van der Waals surface area contributed by atoms with Gasteiger partial charge in [0.1, 0.15) is 0 Å². The molecule has 1 heterocycles. The Morgan fingerprint density at radius 1 is 1.67 bits per heavy atom. The molecule has 0 bridgehead atoms. The van der Waals surface area contributed by atoms with Gasteiger partial charge in [-0.1, -0.05) is 0 Å². The minimum absolute atomic E-state index is 0.175. The van der Waals surface area contributed by atoms with Gasteiger partial charge in [-0.3, -0.25) is 14.1 Å². The van der Waals surface area contributed by atoms with E-state index in [-0.39, 0.29) is 6.42 Å². The first-order valence-electron chi connectivity index (χ1n) is 4.01. The summed E-state index contributed by atoms with van der Waals surface area (Å²) in [5.41, 5.74) is 4.88. The van der Waals surface area contributed by atoms with Crippen LogP contribution >= 0.6 is 0 Å². The molecule has 3 N–H and O–H groups in total. The largest absolute Gasteiger partial charge is 0.418 e. The number of amides is 2. The number of carbonyl (C=O) groups is 2. The maximum atomic E-state index is 11.2. The van der Waals surface area contributed by atoms with E-state index in [9.17, 15) is 18.0 Å². The molecule has 15 heavy (non-hydrogen) atoms. The number of nitrogens with two attached hydrogens (primary N) is 1. The van der Waals surface area contributed by atoms with Crippen molar-refractivity contribution >= 4 is 22.2 Å². The molecule has 0 aromatic carbocycles. The first kappa shape index (κ1) is 11.9. The summed E-state index contributed by atoms with van der Waals surface area (Å²) in [4.78, 5) is 21.7. The molecule has 0 unspecified atom stereocenters. The number of hydrogen-bond acceptors (Lipinski definition) is 5. The summed E-state index contributed by atoms with van der Waals surface area (Å²) < 4.78 is 32.9. The lowest BCUT2D eigenvalue weighted by molar-refractivity contribution is -0.204. The van der Waals surface area contributed by atoms with Crippen molar-refractivity contribution in [3.63, 3.8) is 0 Å². The second-order valence-electron chi connectivity index (χ2n) is 3.18. The summed E-state index contributed by atoms with van der Waals surface area (Å²) in [6.07, 6.45) is -0.175. The van der Waals surface area contributed by atoms with E-state index >= 15 is 0 Å². The van der Waals surface area contributed by atoms with Crippen LogP contribution in [0.3, 0.4) is 0 Å². The molecule has 0 aromatic rings. The molecule has 9 heteroatoms. The van der Waals surface area contributed by atoms with Gasteiger partial charge in [0.2, 0.25) is 5.91 Å². The summed E-state index contributed by atoms with van der Waals surface area (Å²) in [5.74, 6) is -2.05. The van der Waals surface area contributed by atoms with Crippen molar-refractivity contribution in [2.24, 2.45) is 11.7 Å². The molecular formula is C6H10N2O6S. The minimum Gasteiger partial charge on any atom is -0.370 e. The maximum Gasteiger partial charge on any atom is 0.418 e. The molecule has 1 saturated heterocycles. The van der Waals surface area contributed by atoms with Crippen LogP contribution in [-0.4, -0.2) is 35.9 Å². The molecule has 0 saturated carbocycles. The number of β-lactam (4-membered cyclic amide) rings is 1. The van der Waals surface area contributed by atoms with Crippen LogP contribution in [0.1, 0.15) is 13.3 Å². The van der Waals surface area contributed by atoms with E-state index in [2.05, 4.69) is 4.28 Å². The first-order valence-corrected chi connectivity index (χ1v) is 5.37. The highest BCUT2D eigenvalue weighted by molar-refractivity contribution is 7.80. The number of rotatable bonds is 4. The number of primary amides is 1. The van der Waals surface area contributed by atoms with Crippen LogP contribution in [0.5, 0.6) is 0 Å². The smallest absolute Gasteiger partial charge is 0.370 e. The highest BCUT2D eigenvalue weighted by Crippen LogP contribution is 2.29. The van der Waals surface area contributed by atoms with Crippen molar-refractivity contribution < 1.29 is 26.8 Å². The van der Waals surface area contributed by atoms with Crippen LogP contribution in [0.2, 0.25) is 0 Å². The average Bonchev–Trinajstić information content (AvgIpc) is 2.08. The van der Waals surface area contributed by atoms with Gasteiger partial charge in [-0.2, -0.15) is 13.5 Å². The molecule has 86 valence electrons. The lowest BCUT2D eigenvalue weighted by atomic mass is 9.88. The summed E-state index contributed by atoms with van der Waals surface area (Å²) in [5, 5.41) is 0.489. The molecule has 1 fully saturated rings. The van der Waals surface area contributed by atoms with E-state index in [0.717, 1.165) is 0 Å². The summed E-state index contributed by atoms with van der Waals surface area (Å²) in [7, 11) is -4.71. The molecule has 1 aliphatic rings. The van der Waals surface area contributed by atoms with Crippen LogP contribution in [0.25, 0.3) is 0 Å². The fraction of sp³-hybridized carbons (Fsp3) is 0.667. The Labute approximate surface area is 85.9 Å². The first-order chi connectivity index (χ1) is 6.72. The quantitative estimate of drug-likeness (QED) is 0.450. The van der Waals surface area contributed by atoms with Crippen molar-refractivity contribution in [3.05, 3.63) is 0 Å². The number of hydroxylamine groups is 2. The zero-order valence-electron chi connectivity index (χ0n) is 7.78. The summed E-state index contributed by atoms with van der Waals surface area (Å²) >= 11 is 0. The lowest BCUT2D eigenvalue weighted by Crippen LogP contribution is -2.60. The maximum absolute atomic E-state index is 11.2. The van der Waals surface area contributed by atoms with E-state index < -0.39 is 34.2 Å². The Morgan fingerprint density at radius 3 is 2.53 bits per heavy atom. The molecule has 1 aliphatic heterocycles. The number of hydrogen-bond donors (Lipinski definition) is 2. The van der Waals surface area contributed by atoms with Crippen LogP contribution in [-0.2, 0) is 24.3 Å². The van der Waals surface area contributed by atoms with Crippen molar-refractivity contribution in [3.8, 4) is 0 Å².